The molecule has 1 N–H and O–H groups in total. The molecule has 0 bridgehead atoms. The normalized spacial score (nSPS) is 11.2. The van der Waals surface area contributed by atoms with Gasteiger partial charge >= 0.3 is 0 Å². The van der Waals surface area contributed by atoms with Crippen LogP contribution in [0.4, 0.5) is 5.69 Å². The molecule has 0 unspecified atom stereocenters. The van der Waals surface area contributed by atoms with E-state index in [2.05, 4.69) is 96.3 Å². The van der Waals surface area contributed by atoms with E-state index in [0.717, 1.165) is 28.9 Å². The lowest BCUT2D eigenvalue weighted by Crippen LogP contribution is -2.40. The van der Waals surface area contributed by atoms with Crippen molar-refractivity contribution in [2.24, 2.45) is 0 Å². The maximum atomic E-state index is 13.1. The summed E-state index contributed by atoms with van der Waals surface area (Å²) in [6, 6.07) is 43.8. The molecule has 0 saturated carbocycles. The van der Waals surface area contributed by atoms with Crippen molar-refractivity contribution in [1.82, 2.24) is 5.32 Å². The number of likely N-dealkylation sites (N-methyl/N-ethyl adjacent to an activating group) is 1. The van der Waals surface area contributed by atoms with Gasteiger partial charge in [0.1, 0.15) is 29.5 Å². The molecule has 0 aliphatic heterocycles. The van der Waals surface area contributed by atoms with Gasteiger partial charge < -0.3 is 10.2 Å². The third-order valence-corrected chi connectivity index (χ3v) is 11.6. The highest BCUT2D eigenvalue weighted by Crippen LogP contribution is 2.54. The number of nitrogens with zero attached hydrogens (tertiary/aromatic N) is 1. The lowest BCUT2D eigenvalue weighted by atomic mass is 10.1. The Morgan fingerprint density at radius 3 is 1.77 bits per heavy atom. The van der Waals surface area contributed by atoms with Crippen LogP contribution < -0.4 is 26.1 Å². The number of carbonyl (C=O) groups excluding carboxylic acids is 2. The third-order valence-electron chi connectivity index (χ3n) is 7.17. The van der Waals surface area contributed by atoms with E-state index in [-0.39, 0.29) is 12.5 Å². The fourth-order valence-electron chi connectivity index (χ4n) is 5.17. The van der Waals surface area contributed by atoms with Gasteiger partial charge in [-0.25, -0.2) is 0 Å². The predicted molar refractivity (Wildman–Crippen MR) is 166 cm³/mol. The number of benzene rings is 5. The summed E-state index contributed by atoms with van der Waals surface area (Å²) < 4.78 is 0. The summed E-state index contributed by atoms with van der Waals surface area (Å²) in [5.74, 6) is -0.0128. The number of carbonyl (C=O) groups is 2. The molecule has 5 aromatic carbocycles. The Kier molecular flexibility index (Phi) is 8.15. The number of anilines is 1. The van der Waals surface area contributed by atoms with Crippen molar-refractivity contribution in [1.29, 1.82) is 0 Å². The number of amides is 1. The number of nitrogens with one attached hydrogen (secondary N) is 1. The maximum absolute atomic E-state index is 13.1. The Balaban J connectivity index is 1.34. The minimum absolute atomic E-state index is 0.0128. The van der Waals surface area contributed by atoms with E-state index in [1.165, 1.54) is 15.9 Å². The van der Waals surface area contributed by atoms with E-state index >= 15 is 0 Å². The van der Waals surface area contributed by atoms with Crippen LogP contribution in [0, 0.1) is 0 Å². The van der Waals surface area contributed by atoms with Crippen LogP contribution in [0.1, 0.15) is 10.4 Å². The molecule has 0 aliphatic carbocycles. The molecule has 0 spiro atoms. The molecule has 0 radical (unpaired) electrons. The lowest BCUT2D eigenvalue weighted by molar-refractivity contribution is -0.119. The van der Waals surface area contributed by atoms with Gasteiger partial charge in [0.15, 0.2) is 0 Å². The Bertz CT molecular complexity index is 1460. The molecule has 39 heavy (non-hydrogen) atoms. The van der Waals surface area contributed by atoms with Crippen molar-refractivity contribution in [3.8, 4) is 0 Å². The van der Waals surface area contributed by atoms with Gasteiger partial charge in [-0.2, -0.15) is 0 Å². The van der Waals surface area contributed by atoms with Crippen molar-refractivity contribution in [3.05, 3.63) is 133 Å². The molecular weight excluding hydrogens is 499 g/mol. The van der Waals surface area contributed by atoms with Crippen molar-refractivity contribution >= 4 is 51.8 Å². The Labute approximate surface area is 230 Å². The van der Waals surface area contributed by atoms with Crippen LogP contribution in [0.3, 0.4) is 0 Å². The van der Waals surface area contributed by atoms with Gasteiger partial charge in [0, 0.05) is 18.3 Å². The van der Waals surface area contributed by atoms with Gasteiger partial charge in [-0.3, -0.25) is 9.59 Å². The van der Waals surface area contributed by atoms with E-state index in [1.807, 2.05) is 48.3 Å². The van der Waals surface area contributed by atoms with Gasteiger partial charge in [0.25, 0.3) is 0 Å². The van der Waals surface area contributed by atoms with E-state index in [4.69, 9.17) is 0 Å². The van der Waals surface area contributed by atoms with E-state index in [9.17, 15) is 9.59 Å². The monoisotopic (exact) mass is 531 g/mol. The van der Waals surface area contributed by atoms with Crippen LogP contribution in [0.2, 0.25) is 0 Å². The average molecular weight is 532 g/mol. The minimum Gasteiger partial charge on any atom is -0.365 e. The first-order chi connectivity index (χ1) is 19.1. The molecule has 0 fully saturated rings. The Hall–Kier alpha value is -4.27. The molecule has 0 aromatic heterocycles. The SMILES string of the molecule is CN(CC(=O)NCC[P+](c1ccccc1)(c1ccccc1)c1ccccc1)c1ccc2cc(C=O)ccc2c1. The zero-order valence-corrected chi connectivity index (χ0v) is 22.9. The smallest absolute Gasteiger partial charge is 0.239 e. The number of fused-ring (bicyclic) bond motifs is 1. The second kappa shape index (κ2) is 12.1. The molecule has 5 heteroatoms. The summed E-state index contributed by atoms with van der Waals surface area (Å²) >= 11 is 0. The number of hydrogen-bond acceptors (Lipinski definition) is 3. The van der Waals surface area contributed by atoms with Gasteiger partial charge in [-0.05, 0) is 65.4 Å². The van der Waals surface area contributed by atoms with Gasteiger partial charge in [0.05, 0.1) is 19.3 Å². The first-order valence-electron chi connectivity index (χ1n) is 13.1. The molecule has 0 heterocycles. The predicted octanol–water partition coefficient (Wildman–Crippen LogP) is 5.20. The van der Waals surface area contributed by atoms with E-state index < -0.39 is 7.26 Å². The van der Waals surface area contributed by atoms with Gasteiger partial charge in [0.2, 0.25) is 5.91 Å². The zero-order chi connectivity index (χ0) is 27.1. The Morgan fingerprint density at radius 2 is 1.23 bits per heavy atom. The molecular formula is C34H32N2O2P+. The van der Waals surface area contributed by atoms with Crippen LogP contribution in [0.15, 0.2) is 127 Å². The van der Waals surface area contributed by atoms with Crippen molar-refractivity contribution in [2.45, 2.75) is 0 Å². The third kappa shape index (κ3) is 5.77. The molecule has 0 aliphatic rings. The topological polar surface area (TPSA) is 49.4 Å². The maximum Gasteiger partial charge on any atom is 0.239 e. The van der Waals surface area contributed by atoms with Crippen LogP contribution in [0.5, 0.6) is 0 Å². The second-order valence-corrected chi connectivity index (χ2v) is 13.3. The highest BCUT2D eigenvalue weighted by atomic mass is 31.2. The number of aldehydes is 1. The van der Waals surface area contributed by atoms with Crippen LogP contribution >= 0.6 is 7.26 Å². The van der Waals surface area contributed by atoms with Crippen molar-refractivity contribution < 1.29 is 9.59 Å². The summed E-state index contributed by atoms with van der Waals surface area (Å²) in [5.41, 5.74) is 1.61. The van der Waals surface area contributed by atoms with Gasteiger partial charge in [-0.1, -0.05) is 72.8 Å². The first-order valence-corrected chi connectivity index (χ1v) is 15.1. The summed E-state index contributed by atoms with van der Waals surface area (Å²) in [6.07, 6.45) is 1.68. The average Bonchev–Trinajstić information content (AvgIpc) is 3.00. The summed E-state index contributed by atoms with van der Waals surface area (Å²) in [5, 5.41) is 9.17. The Morgan fingerprint density at radius 1 is 0.718 bits per heavy atom. The fraction of sp³-hybridized carbons (Fsp3) is 0.118. The highest BCUT2D eigenvalue weighted by Gasteiger charge is 2.44. The van der Waals surface area contributed by atoms with E-state index in [0.29, 0.717) is 12.1 Å². The molecule has 0 saturated heterocycles. The number of rotatable bonds is 10. The quantitative estimate of drug-likeness (QED) is 0.199. The van der Waals surface area contributed by atoms with Crippen LogP contribution in [0.25, 0.3) is 10.8 Å². The van der Waals surface area contributed by atoms with Crippen molar-refractivity contribution in [2.75, 3.05) is 31.2 Å². The van der Waals surface area contributed by atoms with Crippen LogP contribution in [-0.4, -0.2) is 38.5 Å². The zero-order valence-electron chi connectivity index (χ0n) is 22.0. The molecule has 4 nitrogen and oxygen atoms in total. The summed E-state index contributed by atoms with van der Waals surface area (Å²) in [4.78, 5) is 26.1. The first kappa shape index (κ1) is 26.3. The molecule has 5 rings (SSSR count). The minimum atomic E-state index is -1.99. The standard InChI is InChI=1S/C34H31N2O2P/c1-36(30-20-19-28-23-27(26-37)17-18-29(28)24-30)25-34(38)35-21-22-39(31-11-5-2-6-12-31,32-13-7-3-8-14-32)33-15-9-4-10-16-33/h2-20,23-24,26H,21-22,25H2,1H3/p+1. The number of hydrogen-bond donors (Lipinski definition) is 1. The molecule has 0 atom stereocenters. The molecule has 5 aromatic rings. The largest absolute Gasteiger partial charge is 0.365 e. The summed E-state index contributed by atoms with van der Waals surface area (Å²) in [7, 11) is -0.0628. The van der Waals surface area contributed by atoms with Crippen LogP contribution in [-0.2, 0) is 4.79 Å². The summed E-state index contributed by atoms with van der Waals surface area (Å²) in [6.45, 7) is 0.830. The highest BCUT2D eigenvalue weighted by molar-refractivity contribution is 7.95. The molecule has 1 amide bonds. The van der Waals surface area contributed by atoms with Crippen molar-refractivity contribution in [3.63, 3.8) is 0 Å². The molecule has 194 valence electrons. The second-order valence-electron chi connectivity index (χ2n) is 9.65. The fourth-order valence-corrected chi connectivity index (χ4v) is 9.33. The van der Waals surface area contributed by atoms with Gasteiger partial charge in [-0.15, -0.1) is 0 Å². The lowest BCUT2D eigenvalue weighted by Gasteiger charge is -2.28. The van der Waals surface area contributed by atoms with E-state index in [1.54, 1.807) is 0 Å².